The molecule has 1 aliphatic heterocycles. The van der Waals surface area contributed by atoms with Gasteiger partial charge in [-0.1, -0.05) is 5.16 Å². The van der Waals surface area contributed by atoms with Gasteiger partial charge < -0.3 is 14.6 Å². The van der Waals surface area contributed by atoms with E-state index in [0.29, 0.717) is 0 Å². The molecule has 1 aliphatic rings. The highest BCUT2D eigenvalue weighted by molar-refractivity contribution is 4.67. The molecule has 2 rings (SSSR count). The number of hydrogen-bond acceptors (Lipinski definition) is 4. The Labute approximate surface area is 65.5 Å². The lowest BCUT2D eigenvalue weighted by Gasteiger charge is -2.10. The zero-order valence-electron chi connectivity index (χ0n) is 6.32. The second-order valence-electron chi connectivity index (χ2n) is 2.05. The van der Waals surface area contributed by atoms with Crippen LogP contribution in [-0.4, -0.2) is 31.5 Å². The monoisotopic (exact) mass is 156 g/mol. The van der Waals surface area contributed by atoms with Crippen LogP contribution in [0.1, 0.15) is 0 Å². The van der Waals surface area contributed by atoms with Gasteiger partial charge in [0.1, 0.15) is 6.26 Å². The quantitative estimate of drug-likeness (QED) is 0.586. The Kier molecular flexibility index (Phi) is 4.40. The molecule has 0 saturated carbocycles. The summed E-state index contributed by atoms with van der Waals surface area (Å²) >= 11 is 0. The first-order valence-electron chi connectivity index (χ1n) is 3.63. The number of nitrogens with zero attached hydrogens (tertiary/aromatic N) is 1. The van der Waals surface area contributed by atoms with Crippen LogP contribution in [0.3, 0.4) is 0 Å². The second kappa shape index (κ2) is 5.88. The summed E-state index contributed by atoms with van der Waals surface area (Å²) in [5.74, 6) is 0. The molecule has 4 heteroatoms. The third-order valence-corrected chi connectivity index (χ3v) is 1.19. The normalized spacial score (nSPS) is 16.7. The van der Waals surface area contributed by atoms with Gasteiger partial charge in [-0.2, -0.15) is 0 Å². The van der Waals surface area contributed by atoms with Crippen molar-refractivity contribution in [1.29, 1.82) is 0 Å². The van der Waals surface area contributed by atoms with E-state index in [-0.39, 0.29) is 0 Å². The predicted molar refractivity (Wildman–Crippen MR) is 40.2 cm³/mol. The highest BCUT2D eigenvalue weighted by Gasteiger charge is 1.92. The maximum atomic E-state index is 5.01. The number of ether oxygens (including phenoxy) is 1. The van der Waals surface area contributed by atoms with Crippen LogP contribution in [0.25, 0.3) is 0 Å². The number of aromatic nitrogens is 1. The van der Waals surface area contributed by atoms with Gasteiger partial charge in [-0.3, -0.25) is 0 Å². The van der Waals surface area contributed by atoms with Crippen molar-refractivity contribution in [2.75, 3.05) is 26.3 Å². The van der Waals surface area contributed by atoms with Gasteiger partial charge in [0, 0.05) is 13.1 Å². The van der Waals surface area contributed by atoms with E-state index in [9.17, 15) is 0 Å². The van der Waals surface area contributed by atoms with E-state index in [2.05, 4.69) is 15.0 Å². The van der Waals surface area contributed by atoms with Crippen LogP contribution in [0, 0.1) is 0 Å². The number of nitrogens with one attached hydrogen (secondary N) is 1. The van der Waals surface area contributed by atoms with Crippen molar-refractivity contribution in [3.05, 3.63) is 18.5 Å². The minimum Gasteiger partial charge on any atom is -0.379 e. The van der Waals surface area contributed by atoms with E-state index in [1.54, 1.807) is 12.3 Å². The summed E-state index contributed by atoms with van der Waals surface area (Å²) in [5, 5.41) is 6.51. The van der Waals surface area contributed by atoms with Gasteiger partial charge in [0.15, 0.2) is 0 Å². The molecule has 0 unspecified atom stereocenters. The van der Waals surface area contributed by atoms with Crippen molar-refractivity contribution in [2.24, 2.45) is 0 Å². The largest absolute Gasteiger partial charge is 0.379 e. The average molecular weight is 156 g/mol. The molecule has 0 aromatic carbocycles. The molecule has 1 aromatic heterocycles. The Hall–Kier alpha value is -0.870. The van der Waals surface area contributed by atoms with E-state index >= 15 is 0 Å². The Morgan fingerprint density at radius 2 is 2.09 bits per heavy atom. The SMILES string of the molecule is C1COCCN1.c1cnoc1. The first kappa shape index (κ1) is 8.23. The molecule has 0 atom stereocenters. The maximum absolute atomic E-state index is 5.01. The number of hydrogen-bond donors (Lipinski definition) is 1. The highest BCUT2D eigenvalue weighted by Crippen LogP contribution is 1.76. The second-order valence-corrected chi connectivity index (χ2v) is 2.05. The van der Waals surface area contributed by atoms with Crippen molar-refractivity contribution in [2.45, 2.75) is 0 Å². The fourth-order valence-electron chi connectivity index (χ4n) is 0.691. The Bertz CT molecular complexity index is 121. The summed E-state index contributed by atoms with van der Waals surface area (Å²) in [6.07, 6.45) is 3.10. The third kappa shape index (κ3) is 4.52. The minimum absolute atomic E-state index is 0.889. The first-order valence-corrected chi connectivity index (χ1v) is 3.63. The van der Waals surface area contributed by atoms with E-state index in [1.165, 1.54) is 6.26 Å². The average Bonchev–Trinajstić information content (AvgIpc) is 2.64. The van der Waals surface area contributed by atoms with E-state index < -0.39 is 0 Å². The highest BCUT2D eigenvalue weighted by atomic mass is 16.5. The van der Waals surface area contributed by atoms with Gasteiger partial charge in [-0.15, -0.1) is 0 Å². The summed E-state index contributed by atoms with van der Waals surface area (Å²) in [4.78, 5) is 0. The minimum atomic E-state index is 0.889. The van der Waals surface area contributed by atoms with Gasteiger partial charge in [0.05, 0.1) is 19.4 Å². The predicted octanol–water partition coefficient (Wildman–Crippen LogP) is 0.281. The molecule has 4 nitrogen and oxygen atoms in total. The molecule has 11 heavy (non-hydrogen) atoms. The van der Waals surface area contributed by atoms with Crippen molar-refractivity contribution in [3.63, 3.8) is 0 Å². The standard InChI is InChI=1S/C4H9NO.C3H3NO/c1-3-6-4-2-5-1;1-2-4-5-3-1/h5H,1-4H2;1-3H. The number of morpholine rings is 1. The molecule has 1 saturated heterocycles. The molecule has 0 radical (unpaired) electrons. The lowest BCUT2D eigenvalue weighted by atomic mass is 10.5. The topological polar surface area (TPSA) is 47.3 Å². The molecule has 2 heterocycles. The van der Waals surface area contributed by atoms with Crippen molar-refractivity contribution in [1.82, 2.24) is 10.5 Å². The van der Waals surface area contributed by atoms with E-state index in [1.807, 2.05) is 0 Å². The Morgan fingerprint density at radius 3 is 2.27 bits per heavy atom. The maximum Gasteiger partial charge on any atom is 0.123 e. The van der Waals surface area contributed by atoms with E-state index in [4.69, 9.17) is 4.74 Å². The lowest BCUT2D eigenvalue weighted by Crippen LogP contribution is -2.30. The molecular formula is C7H12N2O2. The molecule has 0 spiro atoms. The van der Waals surface area contributed by atoms with Crippen LogP contribution in [0.15, 0.2) is 23.0 Å². The van der Waals surface area contributed by atoms with Crippen molar-refractivity contribution < 1.29 is 9.26 Å². The lowest BCUT2D eigenvalue weighted by molar-refractivity contribution is 0.109. The molecule has 0 amide bonds. The summed E-state index contributed by atoms with van der Waals surface area (Å²) < 4.78 is 9.34. The van der Waals surface area contributed by atoms with Crippen LogP contribution >= 0.6 is 0 Å². The summed E-state index contributed by atoms with van der Waals surface area (Å²) in [5.41, 5.74) is 0. The molecular weight excluding hydrogens is 144 g/mol. The van der Waals surface area contributed by atoms with E-state index in [0.717, 1.165) is 26.3 Å². The van der Waals surface area contributed by atoms with Crippen LogP contribution < -0.4 is 5.32 Å². The first-order chi connectivity index (χ1) is 5.50. The molecule has 62 valence electrons. The van der Waals surface area contributed by atoms with Crippen molar-refractivity contribution in [3.8, 4) is 0 Å². The summed E-state index contributed by atoms with van der Waals surface area (Å²) in [7, 11) is 0. The van der Waals surface area contributed by atoms with Gasteiger partial charge >= 0.3 is 0 Å². The zero-order valence-corrected chi connectivity index (χ0v) is 6.32. The van der Waals surface area contributed by atoms with Crippen molar-refractivity contribution >= 4 is 0 Å². The van der Waals surface area contributed by atoms with Gasteiger partial charge in [0.2, 0.25) is 0 Å². The number of rotatable bonds is 0. The van der Waals surface area contributed by atoms with Gasteiger partial charge in [-0.05, 0) is 6.07 Å². The third-order valence-electron chi connectivity index (χ3n) is 1.19. The Morgan fingerprint density at radius 1 is 1.27 bits per heavy atom. The summed E-state index contributed by atoms with van der Waals surface area (Å²) in [6, 6.07) is 1.72. The van der Waals surface area contributed by atoms with Crippen LogP contribution in [0.2, 0.25) is 0 Å². The van der Waals surface area contributed by atoms with Crippen LogP contribution in [-0.2, 0) is 4.74 Å². The zero-order chi connectivity index (χ0) is 7.78. The van der Waals surface area contributed by atoms with Crippen LogP contribution in [0.4, 0.5) is 0 Å². The molecule has 1 N–H and O–H groups in total. The molecule has 1 aromatic rings. The smallest absolute Gasteiger partial charge is 0.123 e. The fourth-order valence-corrected chi connectivity index (χ4v) is 0.691. The molecule has 1 fully saturated rings. The fraction of sp³-hybridized carbons (Fsp3) is 0.571. The molecule has 0 bridgehead atoms. The Balaban J connectivity index is 0.000000112. The molecule has 0 aliphatic carbocycles. The van der Waals surface area contributed by atoms with Gasteiger partial charge in [0.25, 0.3) is 0 Å². The van der Waals surface area contributed by atoms with Crippen LogP contribution in [0.5, 0.6) is 0 Å². The van der Waals surface area contributed by atoms with Gasteiger partial charge in [-0.25, -0.2) is 0 Å². The summed E-state index contributed by atoms with van der Waals surface area (Å²) in [6.45, 7) is 3.83.